The van der Waals surface area contributed by atoms with Crippen molar-refractivity contribution in [1.29, 1.82) is 0 Å². The van der Waals surface area contributed by atoms with E-state index in [9.17, 15) is 13.2 Å². The number of fused-ring (bicyclic) bond motifs is 1. The number of carbonyl (C=O) groups excluding carboxylic acids is 1. The van der Waals surface area contributed by atoms with E-state index in [4.69, 9.17) is 0 Å². The number of rotatable bonds is 3. The molecular weight excluding hydrogens is 348 g/mol. The maximum atomic E-state index is 12.7. The molecule has 0 fully saturated rings. The van der Waals surface area contributed by atoms with Crippen LogP contribution in [0.1, 0.15) is 42.3 Å². The number of anilines is 2. The van der Waals surface area contributed by atoms with Crippen LogP contribution in [0, 0.1) is 0 Å². The van der Waals surface area contributed by atoms with Crippen molar-refractivity contribution in [3.05, 3.63) is 59.2 Å². The van der Waals surface area contributed by atoms with Gasteiger partial charge < -0.3 is 5.32 Å². The van der Waals surface area contributed by atoms with E-state index in [0.29, 0.717) is 24.2 Å². The summed E-state index contributed by atoms with van der Waals surface area (Å²) < 4.78 is 25.2. The molecule has 2 aromatic rings. The summed E-state index contributed by atoms with van der Waals surface area (Å²) in [7, 11) is -3.34. The number of nitrogens with zero attached hydrogens (tertiary/aromatic N) is 1. The summed E-state index contributed by atoms with van der Waals surface area (Å²) in [5.41, 5.74) is 3.84. The molecule has 0 saturated carbocycles. The predicted molar refractivity (Wildman–Crippen MR) is 105 cm³/mol. The lowest BCUT2D eigenvalue weighted by Crippen LogP contribution is -2.27. The van der Waals surface area contributed by atoms with Gasteiger partial charge in [-0.2, -0.15) is 0 Å². The number of benzene rings is 2. The van der Waals surface area contributed by atoms with E-state index in [1.807, 2.05) is 30.3 Å². The largest absolute Gasteiger partial charge is 0.322 e. The zero-order valence-electron chi connectivity index (χ0n) is 15.5. The number of hydrogen-bond acceptors (Lipinski definition) is 3. The van der Waals surface area contributed by atoms with Crippen molar-refractivity contribution in [3.63, 3.8) is 0 Å². The number of hydrogen-bond donors (Lipinski definition) is 1. The fraction of sp³-hybridized carbons (Fsp3) is 0.350. The highest BCUT2D eigenvalue weighted by molar-refractivity contribution is 7.92. The minimum Gasteiger partial charge on any atom is -0.322 e. The molecule has 0 radical (unpaired) electrons. The first-order chi connectivity index (χ1) is 12.1. The number of carbonyl (C=O) groups is 1. The average Bonchev–Trinajstić information content (AvgIpc) is 2.97. The lowest BCUT2D eigenvalue weighted by atomic mass is 9.87. The fourth-order valence-electron chi connectivity index (χ4n) is 3.10. The van der Waals surface area contributed by atoms with Crippen LogP contribution in [0.4, 0.5) is 11.4 Å². The van der Waals surface area contributed by atoms with Gasteiger partial charge in [0, 0.05) is 17.8 Å². The summed E-state index contributed by atoms with van der Waals surface area (Å²) in [6.07, 6.45) is 1.85. The van der Waals surface area contributed by atoms with Gasteiger partial charge in [-0.15, -0.1) is 0 Å². The van der Waals surface area contributed by atoms with E-state index >= 15 is 0 Å². The third-order valence-electron chi connectivity index (χ3n) is 4.59. The summed E-state index contributed by atoms with van der Waals surface area (Å²) in [4.78, 5) is 12.7. The molecule has 1 N–H and O–H groups in total. The lowest BCUT2D eigenvalue weighted by molar-refractivity contribution is 0.102. The third kappa shape index (κ3) is 3.75. The molecule has 138 valence electrons. The fourth-order valence-corrected chi connectivity index (χ4v) is 4.05. The second kappa shape index (κ2) is 6.43. The molecule has 0 atom stereocenters. The maximum Gasteiger partial charge on any atom is 0.255 e. The molecule has 6 heteroatoms. The van der Waals surface area contributed by atoms with Crippen molar-refractivity contribution in [1.82, 2.24) is 0 Å². The Morgan fingerprint density at radius 1 is 1.12 bits per heavy atom. The molecule has 5 nitrogen and oxygen atoms in total. The van der Waals surface area contributed by atoms with Crippen molar-refractivity contribution < 1.29 is 13.2 Å². The Morgan fingerprint density at radius 3 is 2.50 bits per heavy atom. The lowest BCUT2D eigenvalue weighted by Gasteiger charge is -2.20. The first kappa shape index (κ1) is 18.5. The van der Waals surface area contributed by atoms with Crippen molar-refractivity contribution in [2.45, 2.75) is 32.6 Å². The van der Waals surface area contributed by atoms with Crippen LogP contribution in [0.3, 0.4) is 0 Å². The highest BCUT2D eigenvalue weighted by Gasteiger charge is 2.27. The molecule has 26 heavy (non-hydrogen) atoms. The molecule has 3 rings (SSSR count). The Bertz CT molecular complexity index is 959. The van der Waals surface area contributed by atoms with Crippen molar-refractivity contribution >= 4 is 27.3 Å². The normalized spacial score (nSPS) is 14.2. The van der Waals surface area contributed by atoms with Crippen molar-refractivity contribution in [2.75, 3.05) is 22.4 Å². The van der Waals surface area contributed by atoms with Crippen LogP contribution in [0.15, 0.2) is 42.5 Å². The summed E-state index contributed by atoms with van der Waals surface area (Å²) in [5.74, 6) is -0.251. The van der Waals surface area contributed by atoms with Crippen LogP contribution < -0.4 is 9.62 Å². The Balaban J connectivity index is 1.86. The average molecular weight is 372 g/mol. The van der Waals surface area contributed by atoms with Crippen molar-refractivity contribution in [2.24, 2.45) is 0 Å². The smallest absolute Gasteiger partial charge is 0.255 e. The number of nitrogens with one attached hydrogen (secondary N) is 1. The first-order valence-corrected chi connectivity index (χ1v) is 10.4. The Kier molecular flexibility index (Phi) is 4.56. The topological polar surface area (TPSA) is 66.5 Å². The Morgan fingerprint density at radius 2 is 1.85 bits per heavy atom. The monoisotopic (exact) mass is 372 g/mol. The van der Waals surface area contributed by atoms with E-state index in [2.05, 4.69) is 26.1 Å². The van der Waals surface area contributed by atoms with Crippen LogP contribution in [0.5, 0.6) is 0 Å². The standard InChI is InChI=1S/C20H24N2O3S/c1-20(2,3)16-6-5-7-17(13-16)21-19(23)15-9-8-14-10-11-22(18(14)12-15)26(4,24)25/h5-9,12-13H,10-11H2,1-4H3,(H,21,23). The molecule has 0 bridgehead atoms. The van der Waals surface area contributed by atoms with E-state index in [1.54, 1.807) is 12.1 Å². The highest BCUT2D eigenvalue weighted by Crippen LogP contribution is 2.31. The summed E-state index contributed by atoms with van der Waals surface area (Å²) in [6, 6.07) is 13.0. The van der Waals surface area contributed by atoms with E-state index < -0.39 is 10.0 Å². The molecule has 1 aliphatic heterocycles. The molecule has 1 heterocycles. The van der Waals surface area contributed by atoms with Crippen molar-refractivity contribution in [3.8, 4) is 0 Å². The van der Waals surface area contributed by atoms with Crippen LogP contribution in [-0.4, -0.2) is 27.1 Å². The molecule has 1 aliphatic rings. The molecule has 0 aliphatic carbocycles. The van der Waals surface area contributed by atoms with Gasteiger partial charge in [-0.05, 0) is 47.2 Å². The van der Waals surface area contributed by atoms with E-state index in [1.165, 1.54) is 10.6 Å². The van der Waals surface area contributed by atoms with Gasteiger partial charge in [-0.25, -0.2) is 8.42 Å². The molecule has 1 amide bonds. The van der Waals surface area contributed by atoms with Gasteiger partial charge in [0.15, 0.2) is 0 Å². The van der Waals surface area contributed by atoms with Crippen LogP contribution in [-0.2, 0) is 21.9 Å². The predicted octanol–water partition coefficient (Wildman–Crippen LogP) is 3.56. The van der Waals surface area contributed by atoms with Crippen LogP contribution in [0.25, 0.3) is 0 Å². The third-order valence-corrected chi connectivity index (χ3v) is 5.77. The first-order valence-electron chi connectivity index (χ1n) is 8.58. The summed E-state index contributed by atoms with van der Waals surface area (Å²) in [5, 5.41) is 2.91. The van der Waals surface area contributed by atoms with Gasteiger partial charge in [0.25, 0.3) is 5.91 Å². The molecule has 0 aromatic heterocycles. The van der Waals surface area contributed by atoms with Crippen LogP contribution >= 0.6 is 0 Å². The Labute approximate surface area is 155 Å². The molecule has 2 aromatic carbocycles. The van der Waals surface area contributed by atoms with Gasteiger partial charge >= 0.3 is 0 Å². The van der Waals surface area contributed by atoms with Crippen LogP contribution in [0.2, 0.25) is 0 Å². The summed E-state index contributed by atoms with van der Waals surface area (Å²) >= 11 is 0. The highest BCUT2D eigenvalue weighted by atomic mass is 32.2. The molecule has 0 spiro atoms. The minimum absolute atomic E-state index is 0.00963. The zero-order valence-corrected chi connectivity index (χ0v) is 16.4. The SMILES string of the molecule is CC(C)(C)c1cccc(NC(=O)c2ccc3c(c2)N(S(C)(=O)=O)CC3)c1. The van der Waals surface area contributed by atoms with E-state index in [-0.39, 0.29) is 11.3 Å². The molecule has 0 saturated heterocycles. The Hall–Kier alpha value is -2.34. The molecular formula is C20H24N2O3S. The van der Waals surface area contributed by atoms with Gasteiger partial charge in [0.1, 0.15) is 0 Å². The number of sulfonamides is 1. The van der Waals surface area contributed by atoms with Gasteiger partial charge in [0.2, 0.25) is 10.0 Å². The second-order valence-electron chi connectivity index (χ2n) is 7.71. The van der Waals surface area contributed by atoms with Gasteiger partial charge in [-0.3, -0.25) is 9.10 Å². The van der Waals surface area contributed by atoms with E-state index in [0.717, 1.165) is 16.8 Å². The molecule has 0 unspecified atom stereocenters. The zero-order chi connectivity index (χ0) is 19.1. The minimum atomic E-state index is -3.34. The summed E-state index contributed by atoms with van der Waals surface area (Å²) in [6.45, 7) is 6.78. The number of amides is 1. The quantitative estimate of drug-likeness (QED) is 0.896. The van der Waals surface area contributed by atoms with Gasteiger partial charge in [0.05, 0.1) is 11.9 Å². The second-order valence-corrected chi connectivity index (χ2v) is 9.62. The van der Waals surface area contributed by atoms with Gasteiger partial charge in [-0.1, -0.05) is 39.0 Å². The maximum absolute atomic E-state index is 12.7.